The molecule has 2 aromatic rings. The minimum atomic E-state index is -0.526. The fourth-order valence-corrected chi connectivity index (χ4v) is 3.85. The summed E-state index contributed by atoms with van der Waals surface area (Å²) in [5.41, 5.74) is 1.94. The Kier molecular flexibility index (Phi) is 8.71. The molecule has 2 aromatic carbocycles. The molecule has 1 aliphatic rings. The van der Waals surface area contributed by atoms with Crippen LogP contribution >= 0.6 is 0 Å². The maximum absolute atomic E-state index is 12.9. The molecule has 0 atom stereocenters. The number of amides is 1. The lowest BCUT2D eigenvalue weighted by Crippen LogP contribution is -2.38. The zero-order valence-corrected chi connectivity index (χ0v) is 18.1. The third kappa shape index (κ3) is 7.28. The van der Waals surface area contributed by atoms with Crippen LogP contribution in [0.25, 0.3) is 11.6 Å². The second-order valence-electron chi connectivity index (χ2n) is 7.89. The van der Waals surface area contributed by atoms with Gasteiger partial charge in [0.2, 0.25) is 0 Å². The molecule has 164 valence electrons. The van der Waals surface area contributed by atoms with Crippen LogP contribution < -0.4 is 10.1 Å². The predicted molar refractivity (Wildman–Crippen MR) is 123 cm³/mol. The van der Waals surface area contributed by atoms with Crippen molar-refractivity contribution in [2.75, 3.05) is 13.7 Å². The summed E-state index contributed by atoms with van der Waals surface area (Å²) < 4.78 is 10.7. The van der Waals surface area contributed by atoms with Crippen molar-refractivity contribution in [1.82, 2.24) is 5.32 Å². The summed E-state index contributed by atoms with van der Waals surface area (Å²) in [4.78, 5) is 25.3. The molecule has 0 bridgehead atoms. The first-order chi connectivity index (χ1) is 15.2. The third-order valence-corrected chi connectivity index (χ3v) is 5.51. The van der Waals surface area contributed by atoms with Crippen LogP contribution in [0.2, 0.25) is 0 Å². The number of benzene rings is 2. The van der Waals surface area contributed by atoms with Crippen molar-refractivity contribution in [3.63, 3.8) is 0 Å². The Morgan fingerprint density at radius 2 is 1.68 bits per heavy atom. The number of rotatable bonds is 7. The normalized spacial score (nSPS) is 15.5. The van der Waals surface area contributed by atoms with Gasteiger partial charge in [0, 0.05) is 6.04 Å². The van der Waals surface area contributed by atoms with E-state index in [1.165, 1.54) is 19.3 Å². The number of hydrogen-bond acceptors (Lipinski definition) is 4. The van der Waals surface area contributed by atoms with Crippen molar-refractivity contribution in [3.8, 4) is 5.75 Å². The average molecular weight is 422 g/mol. The van der Waals surface area contributed by atoms with E-state index in [2.05, 4.69) is 5.32 Å². The van der Waals surface area contributed by atoms with Gasteiger partial charge in [0.15, 0.2) is 6.61 Å². The fraction of sp³-hybridized carbons (Fsp3) is 0.385. The molecule has 1 amide bonds. The van der Waals surface area contributed by atoms with Crippen molar-refractivity contribution in [1.29, 1.82) is 0 Å². The van der Waals surface area contributed by atoms with Crippen molar-refractivity contribution in [2.45, 2.75) is 51.0 Å². The van der Waals surface area contributed by atoms with E-state index in [-0.39, 0.29) is 18.6 Å². The van der Waals surface area contributed by atoms with E-state index in [1.54, 1.807) is 13.2 Å². The van der Waals surface area contributed by atoms with E-state index >= 15 is 0 Å². The Labute approximate surface area is 184 Å². The first-order valence-electron chi connectivity index (χ1n) is 11.0. The molecule has 1 fully saturated rings. The van der Waals surface area contributed by atoms with Crippen LogP contribution in [0.4, 0.5) is 0 Å². The summed E-state index contributed by atoms with van der Waals surface area (Å²) in [6.45, 7) is -0.280. The van der Waals surface area contributed by atoms with E-state index in [0.717, 1.165) is 36.8 Å². The Hall–Kier alpha value is -3.08. The number of carbonyl (C=O) groups excluding carboxylic acids is 2. The summed E-state index contributed by atoms with van der Waals surface area (Å²) in [6.07, 6.45) is 9.72. The Morgan fingerprint density at radius 1 is 0.968 bits per heavy atom. The Balaban J connectivity index is 1.67. The number of hydrogen-bond donors (Lipinski definition) is 1. The molecule has 1 N–H and O–H groups in total. The summed E-state index contributed by atoms with van der Waals surface area (Å²) in [5.74, 6) is -0.0670. The molecule has 3 rings (SSSR count). The summed E-state index contributed by atoms with van der Waals surface area (Å²) in [6, 6.07) is 16.9. The smallest absolute Gasteiger partial charge is 0.339 e. The van der Waals surface area contributed by atoms with Crippen LogP contribution in [0.15, 0.2) is 54.6 Å². The van der Waals surface area contributed by atoms with Gasteiger partial charge in [-0.3, -0.25) is 4.79 Å². The van der Waals surface area contributed by atoms with Gasteiger partial charge >= 0.3 is 5.97 Å². The molecule has 5 heteroatoms. The quantitative estimate of drug-likeness (QED) is 0.388. The largest absolute Gasteiger partial charge is 0.497 e. The van der Waals surface area contributed by atoms with Gasteiger partial charge in [0.1, 0.15) is 5.75 Å². The molecule has 0 aromatic heterocycles. The molecule has 0 spiro atoms. The first kappa shape index (κ1) is 22.6. The highest BCUT2D eigenvalue weighted by Gasteiger charge is 2.18. The highest BCUT2D eigenvalue weighted by molar-refractivity contribution is 6.21. The topological polar surface area (TPSA) is 64.6 Å². The van der Waals surface area contributed by atoms with Crippen molar-refractivity contribution in [2.24, 2.45) is 0 Å². The van der Waals surface area contributed by atoms with Gasteiger partial charge < -0.3 is 14.8 Å². The molecule has 5 nitrogen and oxygen atoms in total. The van der Waals surface area contributed by atoms with Gasteiger partial charge in [-0.15, -0.1) is 0 Å². The molecule has 0 heterocycles. The lowest BCUT2D eigenvalue weighted by molar-refractivity contribution is -0.143. The predicted octanol–water partition coefficient (Wildman–Crippen LogP) is 5.01. The molecule has 0 saturated heterocycles. The van der Waals surface area contributed by atoms with Crippen molar-refractivity contribution >= 4 is 23.5 Å². The van der Waals surface area contributed by atoms with Crippen LogP contribution in [0.1, 0.15) is 56.1 Å². The Morgan fingerprint density at radius 3 is 2.39 bits per heavy atom. The molecular weight excluding hydrogens is 390 g/mol. The van der Waals surface area contributed by atoms with Crippen LogP contribution in [0, 0.1) is 0 Å². The van der Waals surface area contributed by atoms with Gasteiger partial charge in [0.05, 0.1) is 12.7 Å². The second-order valence-corrected chi connectivity index (χ2v) is 7.89. The molecular formula is C26H31NO4. The maximum atomic E-state index is 12.9. The average Bonchev–Trinajstić information content (AvgIpc) is 2.78. The second kappa shape index (κ2) is 11.9. The minimum Gasteiger partial charge on any atom is -0.497 e. The van der Waals surface area contributed by atoms with Gasteiger partial charge in [-0.1, -0.05) is 74.6 Å². The van der Waals surface area contributed by atoms with E-state index in [9.17, 15) is 9.59 Å². The van der Waals surface area contributed by atoms with E-state index in [0.29, 0.717) is 11.3 Å². The van der Waals surface area contributed by atoms with Crippen molar-refractivity contribution in [3.05, 3.63) is 65.7 Å². The number of nitrogens with one attached hydrogen (secondary N) is 1. The van der Waals surface area contributed by atoms with Gasteiger partial charge in [-0.05, 0) is 42.2 Å². The zero-order chi connectivity index (χ0) is 21.9. The highest BCUT2D eigenvalue weighted by Crippen LogP contribution is 2.22. The third-order valence-electron chi connectivity index (χ3n) is 5.51. The maximum Gasteiger partial charge on any atom is 0.339 e. The molecule has 31 heavy (non-hydrogen) atoms. The van der Waals surface area contributed by atoms with Gasteiger partial charge in [-0.2, -0.15) is 0 Å². The molecule has 1 saturated carbocycles. The number of esters is 1. The molecule has 0 radical (unpaired) electrons. The van der Waals surface area contributed by atoms with Gasteiger partial charge in [0.25, 0.3) is 5.91 Å². The van der Waals surface area contributed by atoms with E-state index < -0.39 is 5.97 Å². The first-order valence-corrected chi connectivity index (χ1v) is 11.0. The highest BCUT2D eigenvalue weighted by atomic mass is 16.5. The number of methoxy groups -OCH3 is 1. The standard InChI is InChI=1S/C26H31NO4/c1-30-23-16-10-11-20(17-23)18-24(21-12-6-5-7-13-21)26(29)31-19-25(28)27-22-14-8-3-2-4-9-15-22/h5-7,10-13,16-18,22H,2-4,8-9,14-15,19H2,1H3,(H,27,28)/b24-18+. The monoisotopic (exact) mass is 421 g/mol. The van der Waals surface area contributed by atoms with Crippen LogP contribution in [-0.2, 0) is 14.3 Å². The molecule has 0 aliphatic heterocycles. The SMILES string of the molecule is COc1cccc(/C=C(/C(=O)OCC(=O)NC2CCCCCCC2)c2ccccc2)c1. The summed E-state index contributed by atoms with van der Waals surface area (Å²) in [7, 11) is 1.60. The number of carbonyl (C=O) groups is 2. The zero-order valence-electron chi connectivity index (χ0n) is 18.1. The summed E-state index contributed by atoms with van der Waals surface area (Å²) >= 11 is 0. The van der Waals surface area contributed by atoms with Crippen LogP contribution in [0.3, 0.4) is 0 Å². The van der Waals surface area contributed by atoms with Crippen LogP contribution in [-0.4, -0.2) is 31.6 Å². The minimum absolute atomic E-state index is 0.174. The lowest BCUT2D eigenvalue weighted by Gasteiger charge is -2.21. The van der Waals surface area contributed by atoms with Crippen LogP contribution in [0.5, 0.6) is 5.75 Å². The molecule has 0 unspecified atom stereocenters. The number of ether oxygens (including phenoxy) is 2. The lowest BCUT2D eigenvalue weighted by atomic mass is 9.97. The fourth-order valence-electron chi connectivity index (χ4n) is 3.85. The summed E-state index contributed by atoms with van der Waals surface area (Å²) in [5, 5.41) is 3.03. The van der Waals surface area contributed by atoms with Crippen molar-refractivity contribution < 1.29 is 19.1 Å². The van der Waals surface area contributed by atoms with E-state index in [4.69, 9.17) is 9.47 Å². The van der Waals surface area contributed by atoms with E-state index in [1.807, 2.05) is 54.6 Å². The Bertz CT molecular complexity index is 883. The van der Waals surface area contributed by atoms with Gasteiger partial charge in [-0.25, -0.2) is 4.79 Å². The molecule has 1 aliphatic carbocycles.